The molecule has 1 aromatic rings. The van der Waals surface area contributed by atoms with Crippen LogP contribution in [0.15, 0.2) is 17.7 Å². The van der Waals surface area contributed by atoms with Crippen LogP contribution in [-0.2, 0) is 9.53 Å². The molecule has 1 aliphatic rings. The van der Waals surface area contributed by atoms with Gasteiger partial charge in [-0.2, -0.15) is 0 Å². The molecule has 1 aromatic carbocycles. The van der Waals surface area contributed by atoms with Gasteiger partial charge in [0, 0.05) is 5.57 Å². The van der Waals surface area contributed by atoms with Gasteiger partial charge in [-0.25, -0.2) is 4.79 Å². The van der Waals surface area contributed by atoms with Crippen LogP contribution in [-0.4, -0.2) is 30.4 Å². The van der Waals surface area contributed by atoms with Gasteiger partial charge >= 0.3 is 5.97 Å². The number of rotatable bonds is 5. The average molecular weight is 262 g/mol. The molecule has 1 fully saturated rings. The molecular formula is C15H18O4. The van der Waals surface area contributed by atoms with Crippen LogP contribution in [0, 0.1) is 13.8 Å². The Balaban J connectivity index is 2.20. The van der Waals surface area contributed by atoms with Crippen molar-refractivity contribution in [2.45, 2.75) is 26.9 Å². The Hall–Kier alpha value is -1.81. The van der Waals surface area contributed by atoms with E-state index in [-0.39, 0.29) is 6.10 Å². The van der Waals surface area contributed by atoms with Gasteiger partial charge in [-0.1, -0.05) is 0 Å². The van der Waals surface area contributed by atoms with Gasteiger partial charge < -0.3 is 14.6 Å². The van der Waals surface area contributed by atoms with Crippen molar-refractivity contribution in [1.82, 2.24) is 0 Å². The van der Waals surface area contributed by atoms with Crippen molar-refractivity contribution >= 4 is 12.0 Å². The van der Waals surface area contributed by atoms with Gasteiger partial charge in [0.15, 0.2) is 0 Å². The fraction of sp³-hybridized carbons (Fsp3) is 0.400. The largest absolute Gasteiger partial charge is 0.491 e. The number of carbonyl (C=O) groups is 1. The molecule has 0 radical (unpaired) electrons. The molecule has 1 saturated heterocycles. The summed E-state index contributed by atoms with van der Waals surface area (Å²) in [5.41, 5.74) is 3.23. The van der Waals surface area contributed by atoms with E-state index in [0.29, 0.717) is 12.2 Å². The Bertz CT molecular complexity index is 527. The van der Waals surface area contributed by atoms with Gasteiger partial charge in [-0.3, -0.25) is 0 Å². The van der Waals surface area contributed by atoms with Crippen LogP contribution < -0.4 is 4.74 Å². The summed E-state index contributed by atoms with van der Waals surface area (Å²) >= 11 is 0. The minimum atomic E-state index is -0.900. The van der Waals surface area contributed by atoms with Crippen LogP contribution in [0.3, 0.4) is 0 Å². The summed E-state index contributed by atoms with van der Waals surface area (Å²) < 4.78 is 10.8. The minimum Gasteiger partial charge on any atom is -0.491 e. The second kappa shape index (κ2) is 5.45. The Morgan fingerprint density at radius 3 is 2.74 bits per heavy atom. The normalized spacial score (nSPS) is 18.3. The Labute approximate surface area is 112 Å². The van der Waals surface area contributed by atoms with Crippen LogP contribution in [0.4, 0.5) is 0 Å². The lowest BCUT2D eigenvalue weighted by Gasteiger charge is -2.11. The number of epoxide rings is 1. The Morgan fingerprint density at radius 1 is 1.47 bits per heavy atom. The van der Waals surface area contributed by atoms with Crippen LogP contribution in [0.25, 0.3) is 6.08 Å². The van der Waals surface area contributed by atoms with Crippen molar-refractivity contribution in [1.29, 1.82) is 0 Å². The highest BCUT2D eigenvalue weighted by Gasteiger charge is 2.23. The lowest BCUT2D eigenvalue weighted by molar-refractivity contribution is -0.132. The first-order valence-corrected chi connectivity index (χ1v) is 6.24. The third-order valence-corrected chi connectivity index (χ3v) is 3.10. The summed E-state index contributed by atoms with van der Waals surface area (Å²) in [7, 11) is 0. The van der Waals surface area contributed by atoms with Gasteiger partial charge in [-0.15, -0.1) is 0 Å². The third kappa shape index (κ3) is 3.58. The summed E-state index contributed by atoms with van der Waals surface area (Å²) in [6.45, 7) is 6.84. The van der Waals surface area contributed by atoms with Crippen LogP contribution >= 0.6 is 0 Å². The molecule has 1 N–H and O–H groups in total. The number of ether oxygens (including phenoxy) is 2. The first kappa shape index (κ1) is 13.6. The first-order chi connectivity index (χ1) is 8.97. The number of carboxylic acid groups (broad SMARTS) is 1. The summed E-state index contributed by atoms with van der Waals surface area (Å²) in [6.07, 6.45) is 1.91. The summed E-state index contributed by atoms with van der Waals surface area (Å²) in [4.78, 5) is 10.8. The zero-order chi connectivity index (χ0) is 14.0. The molecule has 0 aliphatic carbocycles. The predicted octanol–water partition coefficient (Wildman–Crippen LogP) is 2.57. The molecule has 0 saturated carbocycles. The van der Waals surface area contributed by atoms with Crippen LogP contribution in [0.5, 0.6) is 5.75 Å². The molecule has 1 atom stereocenters. The third-order valence-electron chi connectivity index (χ3n) is 3.10. The molecule has 1 heterocycles. The van der Waals surface area contributed by atoms with Crippen molar-refractivity contribution in [3.63, 3.8) is 0 Å². The molecule has 19 heavy (non-hydrogen) atoms. The number of hydrogen-bond donors (Lipinski definition) is 1. The predicted molar refractivity (Wildman–Crippen MR) is 72.4 cm³/mol. The van der Waals surface area contributed by atoms with E-state index in [1.54, 1.807) is 13.0 Å². The van der Waals surface area contributed by atoms with Crippen molar-refractivity contribution in [3.8, 4) is 5.75 Å². The average Bonchev–Trinajstić information content (AvgIpc) is 3.15. The van der Waals surface area contributed by atoms with E-state index in [1.165, 1.54) is 0 Å². The quantitative estimate of drug-likeness (QED) is 0.654. The molecule has 0 aromatic heterocycles. The molecule has 1 aliphatic heterocycles. The van der Waals surface area contributed by atoms with Gasteiger partial charge in [-0.05, 0) is 55.7 Å². The van der Waals surface area contributed by atoms with Crippen LogP contribution in [0.2, 0.25) is 0 Å². The monoisotopic (exact) mass is 262 g/mol. The molecule has 102 valence electrons. The maximum atomic E-state index is 10.8. The van der Waals surface area contributed by atoms with E-state index in [0.717, 1.165) is 29.0 Å². The molecule has 0 amide bonds. The number of carboxylic acids is 1. The molecule has 1 unspecified atom stereocenters. The van der Waals surface area contributed by atoms with Crippen molar-refractivity contribution in [3.05, 3.63) is 34.4 Å². The van der Waals surface area contributed by atoms with Crippen molar-refractivity contribution in [2.24, 2.45) is 0 Å². The molecule has 0 bridgehead atoms. The van der Waals surface area contributed by atoms with Crippen molar-refractivity contribution in [2.75, 3.05) is 13.2 Å². The standard InChI is InChI=1S/C15H18O4/c1-9-6-14(19-8-13-7-18-13)10(2)4-12(9)5-11(3)15(16)17/h4-6,13H,7-8H2,1-3H3,(H,16,17). The zero-order valence-corrected chi connectivity index (χ0v) is 11.4. The van der Waals surface area contributed by atoms with E-state index in [9.17, 15) is 4.79 Å². The Kier molecular flexibility index (Phi) is 3.90. The second-order valence-electron chi connectivity index (χ2n) is 4.87. The smallest absolute Gasteiger partial charge is 0.331 e. The summed E-state index contributed by atoms with van der Waals surface area (Å²) in [6, 6.07) is 3.89. The van der Waals surface area contributed by atoms with E-state index in [4.69, 9.17) is 14.6 Å². The molecule has 4 heteroatoms. The van der Waals surface area contributed by atoms with Gasteiger partial charge in [0.05, 0.1) is 6.61 Å². The number of benzene rings is 1. The van der Waals surface area contributed by atoms with Gasteiger partial charge in [0.1, 0.15) is 18.5 Å². The maximum absolute atomic E-state index is 10.8. The minimum absolute atomic E-state index is 0.230. The molecule has 4 nitrogen and oxygen atoms in total. The van der Waals surface area contributed by atoms with Crippen LogP contribution in [0.1, 0.15) is 23.6 Å². The SMILES string of the molecule is CC(=Cc1cc(C)c(OCC2CO2)cc1C)C(=O)O. The first-order valence-electron chi connectivity index (χ1n) is 6.24. The molecule has 2 rings (SSSR count). The Morgan fingerprint density at radius 2 is 2.16 bits per heavy atom. The molecule has 0 spiro atoms. The summed E-state index contributed by atoms with van der Waals surface area (Å²) in [5, 5.41) is 8.90. The van der Waals surface area contributed by atoms with Gasteiger partial charge in [0.2, 0.25) is 0 Å². The number of aliphatic carboxylic acids is 1. The van der Waals surface area contributed by atoms with Crippen molar-refractivity contribution < 1.29 is 19.4 Å². The number of hydrogen-bond acceptors (Lipinski definition) is 3. The maximum Gasteiger partial charge on any atom is 0.331 e. The van der Waals surface area contributed by atoms with Gasteiger partial charge in [0.25, 0.3) is 0 Å². The van der Waals surface area contributed by atoms with E-state index in [1.807, 2.05) is 26.0 Å². The lowest BCUT2D eigenvalue weighted by atomic mass is 10.0. The lowest BCUT2D eigenvalue weighted by Crippen LogP contribution is -2.05. The highest BCUT2D eigenvalue weighted by molar-refractivity contribution is 5.91. The zero-order valence-electron chi connectivity index (χ0n) is 11.4. The fourth-order valence-electron chi connectivity index (χ4n) is 1.77. The highest BCUT2D eigenvalue weighted by atomic mass is 16.6. The number of aryl methyl sites for hydroxylation is 2. The topological polar surface area (TPSA) is 59.1 Å². The fourth-order valence-corrected chi connectivity index (χ4v) is 1.77. The summed E-state index contributed by atoms with van der Waals surface area (Å²) in [5.74, 6) is -0.0682. The van der Waals surface area contributed by atoms with E-state index < -0.39 is 5.97 Å². The molecular weight excluding hydrogens is 244 g/mol. The van der Waals surface area contributed by atoms with E-state index in [2.05, 4.69) is 0 Å². The highest BCUT2D eigenvalue weighted by Crippen LogP contribution is 2.25. The second-order valence-corrected chi connectivity index (χ2v) is 4.87. The van der Waals surface area contributed by atoms with E-state index >= 15 is 0 Å².